The van der Waals surface area contributed by atoms with Gasteiger partial charge in [0.05, 0.1) is 5.69 Å². The Morgan fingerprint density at radius 1 is 1.12 bits per heavy atom. The number of benzene rings is 1. The molecule has 2 aliphatic heterocycles. The Morgan fingerprint density at radius 3 is 2.31 bits per heavy atom. The highest BCUT2D eigenvalue weighted by atomic mass is 16.5. The fourth-order valence-corrected chi connectivity index (χ4v) is 5.61. The van der Waals surface area contributed by atoms with Crippen LogP contribution in [-0.4, -0.2) is 57.5 Å². The van der Waals surface area contributed by atoms with E-state index in [-0.39, 0.29) is 29.8 Å². The van der Waals surface area contributed by atoms with Crippen LogP contribution >= 0.6 is 0 Å². The van der Waals surface area contributed by atoms with Crippen LogP contribution in [0.1, 0.15) is 52.7 Å². The van der Waals surface area contributed by atoms with E-state index in [0.29, 0.717) is 55.8 Å². The van der Waals surface area contributed by atoms with Crippen LogP contribution in [0.3, 0.4) is 0 Å². The average Bonchev–Trinajstić information content (AvgIpc) is 3.41. The van der Waals surface area contributed by atoms with Gasteiger partial charge in [-0.2, -0.15) is 0 Å². The number of aryl methyl sites for hydroxylation is 2. The second-order valence-corrected chi connectivity index (χ2v) is 9.40. The smallest absolute Gasteiger partial charge is 0.325 e. The Bertz CT molecular complexity index is 1060. The van der Waals surface area contributed by atoms with Gasteiger partial charge in [0, 0.05) is 19.1 Å². The van der Waals surface area contributed by atoms with Crippen molar-refractivity contribution in [1.29, 1.82) is 0 Å². The van der Waals surface area contributed by atoms with Crippen molar-refractivity contribution in [3.63, 3.8) is 0 Å². The lowest BCUT2D eigenvalue weighted by Crippen LogP contribution is -2.55. The number of amides is 4. The SMILES string of the molecule is Cc1noc(C)c1C(=O)N1CCC([C@]2(C)NC(=O)N(C3Cc4ccccc4C3)C2=O)CC1. The predicted octanol–water partition coefficient (Wildman–Crippen LogP) is 2.62. The number of aromatic nitrogens is 1. The van der Waals surface area contributed by atoms with Gasteiger partial charge in [-0.1, -0.05) is 29.4 Å². The van der Waals surface area contributed by atoms with Gasteiger partial charge in [-0.25, -0.2) is 4.79 Å². The highest BCUT2D eigenvalue weighted by Gasteiger charge is 2.55. The van der Waals surface area contributed by atoms with Crippen molar-refractivity contribution in [2.24, 2.45) is 5.92 Å². The molecule has 1 aliphatic carbocycles. The van der Waals surface area contributed by atoms with Crippen LogP contribution in [0.5, 0.6) is 0 Å². The maximum Gasteiger partial charge on any atom is 0.325 e. The Hall–Kier alpha value is -3.16. The van der Waals surface area contributed by atoms with Crippen LogP contribution in [0.15, 0.2) is 28.8 Å². The summed E-state index contributed by atoms with van der Waals surface area (Å²) in [6.45, 7) is 6.40. The van der Waals surface area contributed by atoms with E-state index < -0.39 is 5.54 Å². The summed E-state index contributed by atoms with van der Waals surface area (Å²) < 4.78 is 5.14. The Balaban J connectivity index is 1.27. The molecule has 168 valence electrons. The number of hydrogen-bond donors (Lipinski definition) is 1. The number of carbonyl (C=O) groups excluding carboxylic acids is 3. The standard InChI is InChI=1S/C24H28N4O4/c1-14-20(15(2)32-26-14)21(29)27-10-8-18(9-11-27)24(3)22(30)28(23(31)25-24)19-12-16-6-4-5-7-17(16)13-19/h4-7,18-19H,8-13H2,1-3H3,(H,25,31)/t24-/m0/s1. The van der Waals surface area contributed by atoms with Gasteiger partial charge in [0.2, 0.25) is 0 Å². The second kappa shape index (κ2) is 7.46. The Morgan fingerprint density at radius 2 is 1.75 bits per heavy atom. The van der Waals surface area contributed by atoms with Gasteiger partial charge in [-0.15, -0.1) is 0 Å². The average molecular weight is 437 g/mol. The molecule has 0 radical (unpaired) electrons. The van der Waals surface area contributed by atoms with Crippen LogP contribution in [0.4, 0.5) is 4.79 Å². The molecule has 32 heavy (non-hydrogen) atoms. The number of piperidine rings is 1. The molecule has 8 nitrogen and oxygen atoms in total. The van der Waals surface area contributed by atoms with E-state index in [9.17, 15) is 14.4 Å². The van der Waals surface area contributed by atoms with E-state index in [4.69, 9.17) is 4.52 Å². The molecule has 2 saturated heterocycles. The molecule has 4 amide bonds. The fourth-order valence-electron chi connectivity index (χ4n) is 5.61. The number of likely N-dealkylation sites (tertiary alicyclic amines) is 1. The molecule has 0 spiro atoms. The zero-order chi connectivity index (χ0) is 22.6. The number of fused-ring (bicyclic) bond motifs is 1. The largest absolute Gasteiger partial charge is 0.361 e. The van der Waals surface area contributed by atoms with E-state index in [1.165, 1.54) is 16.0 Å². The minimum absolute atomic E-state index is 0.0264. The van der Waals surface area contributed by atoms with E-state index in [2.05, 4.69) is 22.6 Å². The van der Waals surface area contributed by atoms with Crippen LogP contribution in [0, 0.1) is 19.8 Å². The lowest BCUT2D eigenvalue weighted by molar-refractivity contribution is -0.134. The van der Waals surface area contributed by atoms with Gasteiger partial charge in [-0.05, 0) is 63.5 Å². The highest BCUT2D eigenvalue weighted by Crippen LogP contribution is 2.37. The maximum absolute atomic E-state index is 13.5. The summed E-state index contributed by atoms with van der Waals surface area (Å²) in [6.07, 6.45) is 2.71. The fraction of sp³-hybridized carbons (Fsp3) is 0.500. The van der Waals surface area contributed by atoms with Crippen molar-refractivity contribution in [2.75, 3.05) is 13.1 Å². The normalized spacial score (nSPS) is 24.2. The first kappa shape index (κ1) is 20.7. The number of nitrogens with one attached hydrogen (secondary N) is 1. The minimum Gasteiger partial charge on any atom is -0.361 e. The second-order valence-electron chi connectivity index (χ2n) is 9.40. The number of imide groups is 1. The maximum atomic E-state index is 13.5. The molecule has 2 aromatic rings. The number of urea groups is 1. The Kier molecular flexibility index (Phi) is 4.83. The van der Waals surface area contributed by atoms with Gasteiger partial charge in [0.15, 0.2) is 0 Å². The van der Waals surface area contributed by atoms with Gasteiger partial charge in [0.1, 0.15) is 16.9 Å². The molecule has 3 heterocycles. The van der Waals surface area contributed by atoms with Gasteiger partial charge in [-0.3, -0.25) is 14.5 Å². The molecule has 2 fully saturated rings. The van der Waals surface area contributed by atoms with Crippen molar-refractivity contribution in [1.82, 2.24) is 20.3 Å². The predicted molar refractivity (Wildman–Crippen MR) is 116 cm³/mol. The molecule has 3 aliphatic rings. The molecule has 0 saturated carbocycles. The van der Waals surface area contributed by atoms with E-state index in [0.717, 1.165) is 0 Å². The molecule has 1 aromatic heterocycles. The molecular formula is C24H28N4O4. The first-order valence-electron chi connectivity index (χ1n) is 11.2. The minimum atomic E-state index is -0.940. The molecule has 1 aromatic carbocycles. The lowest BCUT2D eigenvalue weighted by atomic mass is 9.78. The Labute approximate surface area is 186 Å². The molecule has 1 atom stereocenters. The van der Waals surface area contributed by atoms with Crippen molar-refractivity contribution in [2.45, 2.75) is 58.0 Å². The summed E-state index contributed by atoms with van der Waals surface area (Å²) in [4.78, 5) is 42.6. The van der Waals surface area contributed by atoms with E-state index >= 15 is 0 Å². The molecule has 5 rings (SSSR count). The summed E-state index contributed by atoms with van der Waals surface area (Å²) in [7, 11) is 0. The third kappa shape index (κ3) is 3.12. The monoisotopic (exact) mass is 436 g/mol. The van der Waals surface area contributed by atoms with Crippen molar-refractivity contribution in [3.8, 4) is 0 Å². The molecule has 0 unspecified atom stereocenters. The third-order valence-corrected chi connectivity index (χ3v) is 7.49. The van der Waals surface area contributed by atoms with Crippen LogP contribution in [-0.2, 0) is 17.6 Å². The van der Waals surface area contributed by atoms with Crippen molar-refractivity contribution in [3.05, 3.63) is 52.4 Å². The first-order chi connectivity index (χ1) is 15.3. The zero-order valence-corrected chi connectivity index (χ0v) is 18.7. The molecule has 1 N–H and O–H groups in total. The topological polar surface area (TPSA) is 95.8 Å². The molecule has 0 bridgehead atoms. The van der Waals surface area contributed by atoms with Gasteiger partial charge < -0.3 is 14.7 Å². The number of hydrogen-bond acceptors (Lipinski definition) is 5. The lowest BCUT2D eigenvalue weighted by Gasteiger charge is -2.39. The summed E-state index contributed by atoms with van der Waals surface area (Å²) in [6, 6.07) is 7.69. The van der Waals surface area contributed by atoms with Crippen LogP contribution in [0.2, 0.25) is 0 Å². The molecular weight excluding hydrogens is 408 g/mol. The highest BCUT2D eigenvalue weighted by molar-refractivity contribution is 6.07. The van der Waals surface area contributed by atoms with Crippen LogP contribution in [0.25, 0.3) is 0 Å². The summed E-state index contributed by atoms with van der Waals surface area (Å²) in [5.74, 6) is 0.266. The van der Waals surface area contributed by atoms with Crippen molar-refractivity contribution < 1.29 is 18.9 Å². The zero-order valence-electron chi connectivity index (χ0n) is 18.7. The number of carbonyl (C=O) groups is 3. The van der Waals surface area contributed by atoms with Crippen LogP contribution < -0.4 is 5.32 Å². The van der Waals surface area contributed by atoms with Crippen molar-refractivity contribution >= 4 is 17.8 Å². The molecule has 8 heteroatoms. The van der Waals surface area contributed by atoms with E-state index in [1.807, 2.05) is 19.1 Å². The van der Waals surface area contributed by atoms with E-state index in [1.54, 1.807) is 18.7 Å². The van der Waals surface area contributed by atoms with Gasteiger partial charge >= 0.3 is 6.03 Å². The summed E-state index contributed by atoms with van der Waals surface area (Å²) in [5, 5.41) is 6.88. The quantitative estimate of drug-likeness (QED) is 0.747. The number of rotatable bonds is 3. The first-order valence-corrected chi connectivity index (χ1v) is 11.2. The summed E-state index contributed by atoms with van der Waals surface area (Å²) >= 11 is 0. The third-order valence-electron chi connectivity index (χ3n) is 7.49. The van der Waals surface area contributed by atoms with Gasteiger partial charge in [0.25, 0.3) is 11.8 Å². The summed E-state index contributed by atoms with van der Waals surface area (Å²) in [5.41, 5.74) is 2.58. The number of nitrogens with zero attached hydrogens (tertiary/aromatic N) is 3.